The number of nitrogens with zero attached hydrogens (tertiary/aromatic N) is 4. The van der Waals surface area contributed by atoms with Gasteiger partial charge in [0, 0.05) is 62.6 Å². The monoisotopic (exact) mass is 764 g/mol. The summed E-state index contributed by atoms with van der Waals surface area (Å²) in [7, 11) is 0. The minimum absolute atomic E-state index is 0.437. The van der Waals surface area contributed by atoms with E-state index in [9.17, 15) is 0 Å². The molecule has 0 aliphatic carbocycles. The van der Waals surface area contributed by atoms with Crippen molar-refractivity contribution in [2.75, 3.05) is 9.80 Å². The van der Waals surface area contributed by atoms with E-state index < -0.39 is 0 Å². The maximum absolute atomic E-state index is 6.59. The van der Waals surface area contributed by atoms with Crippen LogP contribution in [0.2, 0.25) is 0 Å². The van der Waals surface area contributed by atoms with Crippen molar-refractivity contribution in [3.05, 3.63) is 170 Å². The highest BCUT2D eigenvalue weighted by Gasteiger charge is 2.24. The average Bonchev–Trinajstić information content (AvgIpc) is 4.10. The summed E-state index contributed by atoms with van der Waals surface area (Å²) in [6, 6.07) is 54.4. The molecule has 0 amide bonds. The van der Waals surface area contributed by atoms with Gasteiger partial charge in [0.1, 0.15) is 44.8 Å². The van der Waals surface area contributed by atoms with E-state index in [0.717, 1.165) is 88.3 Å². The third-order valence-electron chi connectivity index (χ3n) is 11.1. The van der Waals surface area contributed by atoms with Crippen molar-refractivity contribution >= 4 is 123 Å². The summed E-state index contributed by atoms with van der Waals surface area (Å²) in [5.74, 6) is 1.84. The number of para-hydroxylation sites is 4. The Labute approximate surface area is 333 Å². The molecule has 7 heterocycles. The molecule has 9 nitrogen and oxygen atoms in total. The molecule has 13 aromatic rings. The first-order valence-corrected chi connectivity index (χ1v) is 19.3. The fraction of sp³-hybridized carbons (Fsp3) is 0. The fourth-order valence-corrected chi connectivity index (χ4v) is 8.39. The van der Waals surface area contributed by atoms with Crippen molar-refractivity contribution in [3.8, 4) is 0 Å². The normalized spacial score (nSPS) is 12.1. The molecule has 0 N–H and O–H groups in total. The third kappa shape index (κ3) is 4.91. The molecule has 59 heavy (non-hydrogen) atoms. The van der Waals surface area contributed by atoms with Crippen LogP contribution in [-0.2, 0) is 0 Å². The fourth-order valence-electron chi connectivity index (χ4n) is 8.39. The Morgan fingerprint density at radius 1 is 0.356 bits per heavy atom. The van der Waals surface area contributed by atoms with Crippen molar-refractivity contribution in [1.82, 2.24) is 9.97 Å². The molecule has 0 radical (unpaired) electrons. The predicted octanol–water partition coefficient (Wildman–Crippen LogP) is 14.6. The molecule has 0 spiro atoms. The van der Waals surface area contributed by atoms with Gasteiger partial charge in [-0.3, -0.25) is 9.80 Å². The Kier molecular flexibility index (Phi) is 6.53. The van der Waals surface area contributed by atoms with Crippen LogP contribution in [0, 0.1) is 0 Å². The van der Waals surface area contributed by atoms with E-state index in [1.165, 1.54) is 0 Å². The second-order valence-corrected chi connectivity index (χ2v) is 14.6. The van der Waals surface area contributed by atoms with E-state index in [2.05, 4.69) is 36.4 Å². The molecule has 6 aromatic carbocycles. The molecule has 0 bridgehead atoms. The molecular formula is C50H28N4O5. The van der Waals surface area contributed by atoms with Crippen LogP contribution in [0.3, 0.4) is 0 Å². The molecule has 0 unspecified atom stereocenters. The number of anilines is 6. The van der Waals surface area contributed by atoms with Crippen LogP contribution >= 0.6 is 0 Å². The Morgan fingerprint density at radius 2 is 0.864 bits per heavy atom. The van der Waals surface area contributed by atoms with E-state index in [4.69, 9.17) is 32.1 Å². The van der Waals surface area contributed by atoms with Crippen LogP contribution in [0.5, 0.6) is 0 Å². The van der Waals surface area contributed by atoms with Gasteiger partial charge in [-0.05, 0) is 60.7 Å². The van der Waals surface area contributed by atoms with Gasteiger partial charge in [-0.25, -0.2) is 4.98 Å². The van der Waals surface area contributed by atoms with Crippen LogP contribution in [0.25, 0.3) is 88.0 Å². The summed E-state index contributed by atoms with van der Waals surface area (Å²) in [5, 5.41) is 6.95. The molecule has 9 heteroatoms. The second kappa shape index (κ2) is 12.1. The molecule has 278 valence electrons. The Balaban J connectivity index is 0.959. The maximum Gasteiger partial charge on any atom is 0.230 e. The SMILES string of the molecule is c1ccc2oc(N(c3ccc4c(c3)oc3ccccc34)c3cnc4c(c3)oc3nc(N(c5ccc6c(c5)oc5ccccc56)c5cc6ccccc6o5)ccc34)cc2c1. The van der Waals surface area contributed by atoms with E-state index in [1.54, 1.807) is 0 Å². The zero-order valence-electron chi connectivity index (χ0n) is 31.0. The maximum atomic E-state index is 6.59. The topological polar surface area (TPSA) is 98.0 Å². The number of fused-ring (bicyclic) bond motifs is 11. The molecule has 0 atom stereocenters. The van der Waals surface area contributed by atoms with Crippen molar-refractivity contribution < 1.29 is 22.1 Å². The summed E-state index contributed by atoms with van der Waals surface area (Å²) in [6.45, 7) is 0. The van der Waals surface area contributed by atoms with Crippen molar-refractivity contribution in [3.63, 3.8) is 0 Å². The van der Waals surface area contributed by atoms with Crippen molar-refractivity contribution in [1.29, 1.82) is 0 Å². The number of hydrogen-bond donors (Lipinski definition) is 0. The first-order valence-electron chi connectivity index (χ1n) is 19.3. The summed E-state index contributed by atoms with van der Waals surface area (Å²) in [4.78, 5) is 14.1. The van der Waals surface area contributed by atoms with Crippen LogP contribution in [-0.4, -0.2) is 9.97 Å². The summed E-state index contributed by atoms with van der Waals surface area (Å²) in [6.07, 6.45) is 1.84. The number of furan rings is 5. The van der Waals surface area contributed by atoms with Gasteiger partial charge in [-0.1, -0.05) is 72.8 Å². The molecule has 0 fully saturated rings. The lowest BCUT2D eigenvalue weighted by Crippen LogP contribution is -2.10. The summed E-state index contributed by atoms with van der Waals surface area (Å²) >= 11 is 0. The first-order chi connectivity index (χ1) is 29.2. The third-order valence-corrected chi connectivity index (χ3v) is 11.1. The van der Waals surface area contributed by atoms with E-state index >= 15 is 0 Å². The largest absolute Gasteiger partial charge is 0.456 e. The van der Waals surface area contributed by atoms with Gasteiger partial charge in [0.15, 0.2) is 5.58 Å². The standard InChI is InChI=1S/C50H28N4O5/c1-5-13-39-29(9-1)23-47(57-39)53(31-17-19-36-34-11-3-7-15-41(34)55-43(36)25-31)33-27-45-49(51-28-33)38-21-22-46(52-50(38)59-45)54(48-24-30-10-2-6-14-40(30)58-48)32-18-20-37-35-12-4-8-16-42(35)56-44(37)26-32/h1-28H. The van der Waals surface area contributed by atoms with Gasteiger partial charge in [-0.2, -0.15) is 4.98 Å². The van der Waals surface area contributed by atoms with Crippen LogP contribution in [0.1, 0.15) is 0 Å². The lowest BCUT2D eigenvalue weighted by atomic mass is 10.1. The lowest BCUT2D eigenvalue weighted by molar-refractivity contribution is 0.618. The zero-order chi connectivity index (χ0) is 38.6. The molecule has 13 rings (SSSR count). The second-order valence-electron chi connectivity index (χ2n) is 14.6. The van der Waals surface area contributed by atoms with Gasteiger partial charge < -0.3 is 22.1 Å². The van der Waals surface area contributed by atoms with Gasteiger partial charge in [0.05, 0.1) is 28.6 Å². The molecular weight excluding hydrogens is 737 g/mol. The Bertz CT molecular complexity index is 3480. The van der Waals surface area contributed by atoms with Crippen LogP contribution in [0.15, 0.2) is 192 Å². The Hall–Kier alpha value is -8.30. The van der Waals surface area contributed by atoms with Gasteiger partial charge >= 0.3 is 0 Å². The average molecular weight is 765 g/mol. The highest BCUT2D eigenvalue weighted by molar-refractivity contribution is 6.08. The number of hydrogen-bond acceptors (Lipinski definition) is 9. The molecule has 0 saturated carbocycles. The number of benzene rings is 6. The zero-order valence-corrected chi connectivity index (χ0v) is 31.0. The van der Waals surface area contributed by atoms with Gasteiger partial charge in [0.2, 0.25) is 17.5 Å². The molecule has 0 saturated heterocycles. The van der Waals surface area contributed by atoms with E-state index in [0.29, 0.717) is 34.4 Å². The smallest absolute Gasteiger partial charge is 0.230 e. The summed E-state index contributed by atoms with van der Waals surface area (Å²) in [5.41, 5.74) is 8.87. The molecule has 7 aromatic heterocycles. The molecule has 0 aliphatic heterocycles. The first kappa shape index (κ1) is 31.9. The minimum Gasteiger partial charge on any atom is -0.456 e. The minimum atomic E-state index is 0.437. The van der Waals surface area contributed by atoms with Crippen molar-refractivity contribution in [2.45, 2.75) is 0 Å². The lowest BCUT2D eigenvalue weighted by Gasteiger charge is -2.21. The van der Waals surface area contributed by atoms with Crippen molar-refractivity contribution in [2.24, 2.45) is 0 Å². The quantitative estimate of drug-likeness (QED) is 0.164. The van der Waals surface area contributed by atoms with Gasteiger partial charge in [-0.15, -0.1) is 0 Å². The number of rotatable bonds is 6. The number of pyridine rings is 2. The van der Waals surface area contributed by atoms with Crippen LogP contribution < -0.4 is 9.80 Å². The predicted molar refractivity (Wildman–Crippen MR) is 233 cm³/mol. The Morgan fingerprint density at radius 3 is 1.49 bits per heavy atom. The number of aromatic nitrogens is 2. The van der Waals surface area contributed by atoms with Crippen LogP contribution in [0.4, 0.5) is 34.6 Å². The molecule has 0 aliphatic rings. The highest BCUT2D eigenvalue weighted by atomic mass is 16.4. The summed E-state index contributed by atoms with van der Waals surface area (Å²) < 4.78 is 32.2. The van der Waals surface area contributed by atoms with E-state index in [-0.39, 0.29) is 0 Å². The van der Waals surface area contributed by atoms with Gasteiger partial charge in [0.25, 0.3) is 0 Å². The van der Waals surface area contributed by atoms with E-state index in [1.807, 2.05) is 143 Å². The highest BCUT2D eigenvalue weighted by Crippen LogP contribution is 2.44.